The first kappa shape index (κ1) is 18.1. The highest BCUT2D eigenvalue weighted by Crippen LogP contribution is 2.28. The number of para-hydroxylation sites is 1. The molecule has 0 unspecified atom stereocenters. The number of Topliss-reactive ketones (excluding diaryl/α,β-unsaturated/α-hetero) is 1. The molecule has 3 aromatic heterocycles. The van der Waals surface area contributed by atoms with Crippen LogP contribution in [0.25, 0.3) is 21.1 Å². The van der Waals surface area contributed by atoms with Gasteiger partial charge in [-0.3, -0.25) is 9.59 Å². The average Bonchev–Trinajstić information content (AvgIpc) is 3.23. The molecular weight excluding hydrogens is 378 g/mol. The Morgan fingerprint density at radius 3 is 2.82 bits per heavy atom. The van der Waals surface area contributed by atoms with Crippen LogP contribution in [0, 0.1) is 6.92 Å². The van der Waals surface area contributed by atoms with Crippen LogP contribution in [-0.4, -0.2) is 33.3 Å². The Morgan fingerprint density at radius 1 is 1.25 bits per heavy atom. The molecule has 0 aliphatic carbocycles. The Bertz CT molecular complexity index is 1280. The SMILES string of the molecule is CCOC(=O)c1sc2nc(CC(=O)c3c[nH]c4ccccc34)[nH]c(=O)c2c1C. The van der Waals surface area contributed by atoms with Gasteiger partial charge in [-0.25, -0.2) is 9.78 Å². The number of aromatic nitrogens is 3. The van der Waals surface area contributed by atoms with Crippen molar-refractivity contribution in [2.75, 3.05) is 6.61 Å². The largest absolute Gasteiger partial charge is 0.462 e. The van der Waals surface area contributed by atoms with Crippen LogP contribution in [-0.2, 0) is 11.2 Å². The fourth-order valence-corrected chi connectivity index (χ4v) is 4.31. The van der Waals surface area contributed by atoms with Gasteiger partial charge in [-0.1, -0.05) is 18.2 Å². The molecule has 0 aliphatic rings. The summed E-state index contributed by atoms with van der Waals surface area (Å²) in [4.78, 5) is 48.3. The highest BCUT2D eigenvalue weighted by molar-refractivity contribution is 7.20. The zero-order valence-corrected chi connectivity index (χ0v) is 16.1. The highest BCUT2D eigenvalue weighted by atomic mass is 32.1. The number of H-pyrrole nitrogens is 2. The number of nitrogens with one attached hydrogen (secondary N) is 2. The molecule has 0 saturated carbocycles. The summed E-state index contributed by atoms with van der Waals surface area (Å²) in [7, 11) is 0. The van der Waals surface area contributed by atoms with Crippen LogP contribution in [0.2, 0.25) is 0 Å². The number of ketones is 1. The molecule has 0 radical (unpaired) electrons. The third-order valence-corrected chi connectivity index (χ3v) is 5.69. The van der Waals surface area contributed by atoms with E-state index in [1.54, 1.807) is 20.0 Å². The summed E-state index contributed by atoms with van der Waals surface area (Å²) in [5, 5.41) is 1.18. The Morgan fingerprint density at radius 2 is 2.04 bits per heavy atom. The molecule has 0 amide bonds. The van der Waals surface area contributed by atoms with Crippen LogP contribution >= 0.6 is 11.3 Å². The van der Waals surface area contributed by atoms with E-state index < -0.39 is 5.97 Å². The summed E-state index contributed by atoms with van der Waals surface area (Å²) in [6.07, 6.45) is 1.62. The van der Waals surface area contributed by atoms with Gasteiger partial charge in [0.15, 0.2) is 5.78 Å². The van der Waals surface area contributed by atoms with Gasteiger partial charge in [0.1, 0.15) is 15.5 Å². The van der Waals surface area contributed by atoms with Crippen LogP contribution < -0.4 is 5.56 Å². The third-order valence-electron chi connectivity index (χ3n) is 4.53. The molecule has 0 bridgehead atoms. The molecule has 142 valence electrons. The topological polar surface area (TPSA) is 105 Å². The van der Waals surface area contributed by atoms with E-state index in [0.29, 0.717) is 26.2 Å². The van der Waals surface area contributed by atoms with Crippen LogP contribution in [0.1, 0.15) is 38.3 Å². The lowest BCUT2D eigenvalue weighted by Crippen LogP contribution is -2.15. The number of thiophene rings is 1. The van der Waals surface area contributed by atoms with E-state index in [0.717, 1.165) is 22.2 Å². The van der Waals surface area contributed by atoms with E-state index >= 15 is 0 Å². The summed E-state index contributed by atoms with van der Waals surface area (Å²) in [6.45, 7) is 3.67. The van der Waals surface area contributed by atoms with E-state index in [1.807, 2.05) is 24.3 Å². The summed E-state index contributed by atoms with van der Waals surface area (Å²) in [5.41, 5.74) is 1.60. The number of aryl methyl sites for hydroxylation is 1. The van der Waals surface area contributed by atoms with E-state index in [-0.39, 0.29) is 30.2 Å². The van der Waals surface area contributed by atoms with Gasteiger partial charge in [-0.05, 0) is 25.5 Å². The molecule has 28 heavy (non-hydrogen) atoms. The lowest BCUT2D eigenvalue weighted by Gasteiger charge is -2.01. The van der Waals surface area contributed by atoms with Gasteiger partial charge >= 0.3 is 5.97 Å². The molecular formula is C20H17N3O4S. The highest BCUT2D eigenvalue weighted by Gasteiger charge is 2.21. The number of hydrogen-bond acceptors (Lipinski definition) is 6. The second-order valence-electron chi connectivity index (χ2n) is 6.32. The van der Waals surface area contributed by atoms with Crippen LogP contribution in [0.5, 0.6) is 0 Å². The summed E-state index contributed by atoms with van der Waals surface area (Å²) < 4.78 is 5.04. The van der Waals surface area contributed by atoms with Gasteiger partial charge in [-0.2, -0.15) is 0 Å². The minimum absolute atomic E-state index is 0.0429. The monoisotopic (exact) mass is 395 g/mol. The van der Waals surface area contributed by atoms with Gasteiger partial charge < -0.3 is 14.7 Å². The van der Waals surface area contributed by atoms with E-state index in [4.69, 9.17) is 4.74 Å². The van der Waals surface area contributed by atoms with E-state index in [1.165, 1.54) is 0 Å². The van der Waals surface area contributed by atoms with Crippen LogP contribution in [0.4, 0.5) is 0 Å². The number of carbonyl (C=O) groups excluding carboxylic acids is 2. The van der Waals surface area contributed by atoms with Crippen molar-refractivity contribution in [1.29, 1.82) is 0 Å². The van der Waals surface area contributed by atoms with Crippen molar-refractivity contribution >= 4 is 44.2 Å². The van der Waals surface area contributed by atoms with Crippen LogP contribution in [0.3, 0.4) is 0 Å². The first-order valence-corrected chi connectivity index (χ1v) is 9.60. The fourth-order valence-electron chi connectivity index (χ4n) is 3.21. The quantitative estimate of drug-likeness (QED) is 0.398. The minimum Gasteiger partial charge on any atom is -0.462 e. The molecule has 1 aromatic carbocycles. The van der Waals surface area contributed by atoms with Gasteiger partial charge in [0.05, 0.1) is 18.4 Å². The maximum Gasteiger partial charge on any atom is 0.348 e. The Kier molecular flexibility index (Phi) is 4.56. The zero-order valence-electron chi connectivity index (χ0n) is 15.3. The molecule has 4 aromatic rings. The molecule has 7 nitrogen and oxygen atoms in total. The predicted octanol–water partition coefficient (Wildman–Crippen LogP) is 3.38. The van der Waals surface area contributed by atoms with Crippen molar-refractivity contribution in [3.63, 3.8) is 0 Å². The summed E-state index contributed by atoms with van der Waals surface area (Å²) >= 11 is 1.10. The number of benzene rings is 1. The smallest absolute Gasteiger partial charge is 0.348 e. The van der Waals surface area contributed by atoms with Crippen molar-refractivity contribution < 1.29 is 14.3 Å². The molecule has 8 heteroatoms. The second kappa shape index (κ2) is 7.05. The van der Waals surface area contributed by atoms with E-state index in [2.05, 4.69) is 15.0 Å². The second-order valence-corrected chi connectivity index (χ2v) is 7.32. The lowest BCUT2D eigenvalue weighted by atomic mass is 10.1. The molecule has 0 saturated heterocycles. The van der Waals surface area contributed by atoms with Crippen LogP contribution in [0.15, 0.2) is 35.3 Å². The first-order valence-electron chi connectivity index (χ1n) is 8.78. The standard InChI is InChI=1S/C20H17N3O4S/c1-3-27-20(26)17-10(2)16-18(25)22-15(23-19(16)28-17)8-14(24)12-9-21-13-7-5-4-6-11(12)13/h4-7,9,21H,3,8H2,1-2H3,(H,22,23,25). The van der Waals surface area contributed by atoms with Crippen molar-refractivity contribution in [3.05, 3.63) is 62.6 Å². The van der Waals surface area contributed by atoms with Crippen molar-refractivity contribution in [2.45, 2.75) is 20.3 Å². The number of ether oxygens (including phenoxy) is 1. The molecule has 4 rings (SSSR count). The molecule has 3 heterocycles. The summed E-state index contributed by atoms with van der Waals surface area (Å²) in [6, 6.07) is 7.51. The van der Waals surface area contributed by atoms with Gasteiger partial charge in [-0.15, -0.1) is 11.3 Å². The number of fused-ring (bicyclic) bond motifs is 2. The van der Waals surface area contributed by atoms with E-state index in [9.17, 15) is 14.4 Å². The van der Waals surface area contributed by atoms with Gasteiger partial charge in [0.2, 0.25) is 0 Å². The number of rotatable bonds is 5. The van der Waals surface area contributed by atoms with Crippen molar-refractivity contribution in [3.8, 4) is 0 Å². The Balaban J connectivity index is 1.70. The van der Waals surface area contributed by atoms with Gasteiger partial charge in [0.25, 0.3) is 5.56 Å². The number of carbonyl (C=O) groups is 2. The molecule has 0 aliphatic heterocycles. The Hall–Kier alpha value is -3.26. The first-order chi connectivity index (χ1) is 13.5. The molecule has 0 fully saturated rings. The van der Waals surface area contributed by atoms with Crippen molar-refractivity contribution in [1.82, 2.24) is 15.0 Å². The summed E-state index contributed by atoms with van der Waals surface area (Å²) in [5.74, 6) is -0.359. The van der Waals surface area contributed by atoms with Gasteiger partial charge in [0, 0.05) is 22.7 Å². The molecule has 0 spiro atoms. The number of nitrogens with zero attached hydrogens (tertiary/aromatic N) is 1. The predicted molar refractivity (Wildman–Crippen MR) is 107 cm³/mol. The normalized spacial score (nSPS) is 11.2. The maximum absolute atomic E-state index is 12.7. The molecule has 0 atom stereocenters. The number of aromatic amines is 2. The Labute approximate surface area is 163 Å². The third kappa shape index (κ3) is 3.01. The number of esters is 1. The fraction of sp³-hybridized carbons (Fsp3) is 0.200. The minimum atomic E-state index is -0.473. The molecule has 2 N–H and O–H groups in total. The van der Waals surface area contributed by atoms with Crippen molar-refractivity contribution in [2.24, 2.45) is 0 Å². The lowest BCUT2D eigenvalue weighted by molar-refractivity contribution is 0.0531. The maximum atomic E-state index is 12.7. The zero-order chi connectivity index (χ0) is 19.8. The number of hydrogen-bond donors (Lipinski definition) is 2. The average molecular weight is 395 g/mol.